The maximum absolute atomic E-state index is 12.9. The van der Waals surface area contributed by atoms with E-state index in [-0.39, 0.29) is 17.9 Å². The van der Waals surface area contributed by atoms with E-state index in [9.17, 15) is 9.59 Å². The Balaban J connectivity index is 1.59. The molecule has 0 aliphatic carbocycles. The normalized spacial score (nSPS) is 19.7. The lowest BCUT2D eigenvalue weighted by molar-refractivity contribution is -1.02. The molecule has 6 heteroatoms. The summed E-state index contributed by atoms with van der Waals surface area (Å²) in [6, 6.07) is 17.8. The van der Waals surface area contributed by atoms with Crippen LogP contribution in [0.4, 0.5) is 5.69 Å². The summed E-state index contributed by atoms with van der Waals surface area (Å²) < 4.78 is 0. The van der Waals surface area contributed by atoms with Gasteiger partial charge < -0.3 is 20.0 Å². The van der Waals surface area contributed by atoms with Crippen LogP contribution in [0.15, 0.2) is 54.6 Å². The number of rotatable bonds is 7. The lowest BCUT2D eigenvalue weighted by Gasteiger charge is -2.34. The van der Waals surface area contributed by atoms with Crippen LogP contribution in [-0.4, -0.2) is 63.5 Å². The molecule has 2 aromatic carbocycles. The number of nitrogens with zero attached hydrogens (tertiary/aromatic N) is 1. The standard InChI is InChI=1S/C24H32N4O2/c1-4-19-10-8-9-13-21(19)25-22(29)18-27-14-16-28(17-15-27)23(24(30)26(2)3)20-11-6-5-7-12-20/h5-13,23H,4,14-18H2,1-3H3,(H,25,29)/p+2/t23-/m0/s1. The molecular formula is C24H34N4O2+2. The molecule has 3 rings (SSSR count). The molecule has 1 atom stereocenters. The Morgan fingerprint density at radius 3 is 2.23 bits per heavy atom. The fourth-order valence-electron chi connectivity index (χ4n) is 4.22. The van der Waals surface area contributed by atoms with Crippen LogP contribution in [0, 0.1) is 0 Å². The molecule has 1 aliphatic heterocycles. The largest absolute Gasteiger partial charge is 0.343 e. The number of para-hydroxylation sites is 1. The van der Waals surface area contributed by atoms with Crippen molar-refractivity contribution < 1.29 is 19.4 Å². The highest BCUT2D eigenvalue weighted by molar-refractivity contribution is 5.92. The molecule has 6 nitrogen and oxygen atoms in total. The monoisotopic (exact) mass is 410 g/mol. The third-order valence-electron chi connectivity index (χ3n) is 5.91. The number of hydrogen-bond donors (Lipinski definition) is 3. The van der Waals surface area contributed by atoms with E-state index in [1.54, 1.807) is 4.90 Å². The van der Waals surface area contributed by atoms with E-state index >= 15 is 0 Å². The number of likely N-dealkylation sites (N-methyl/N-ethyl adjacent to an activating group) is 1. The maximum Gasteiger partial charge on any atom is 0.285 e. The van der Waals surface area contributed by atoms with E-state index in [0.717, 1.165) is 49.4 Å². The van der Waals surface area contributed by atoms with Crippen molar-refractivity contribution in [3.8, 4) is 0 Å². The first-order chi connectivity index (χ1) is 14.5. The van der Waals surface area contributed by atoms with Crippen molar-refractivity contribution in [3.05, 3.63) is 65.7 Å². The van der Waals surface area contributed by atoms with Crippen molar-refractivity contribution in [2.75, 3.05) is 52.1 Å². The van der Waals surface area contributed by atoms with E-state index in [4.69, 9.17) is 0 Å². The smallest absolute Gasteiger partial charge is 0.285 e. The van der Waals surface area contributed by atoms with Gasteiger partial charge in [0, 0.05) is 25.3 Å². The van der Waals surface area contributed by atoms with Crippen molar-refractivity contribution in [1.82, 2.24) is 4.90 Å². The second-order valence-corrected chi connectivity index (χ2v) is 8.22. The highest BCUT2D eigenvalue weighted by Crippen LogP contribution is 2.15. The Labute approximate surface area is 179 Å². The number of hydrogen-bond acceptors (Lipinski definition) is 2. The van der Waals surface area contributed by atoms with Gasteiger partial charge in [0.25, 0.3) is 11.8 Å². The van der Waals surface area contributed by atoms with Crippen molar-refractivity contribution >= 4 is 17.5 Å². The first kappa shape index (κ1) is 22.0. The second-order valence-electron chi connectivity index (χ2n) is 8.22. The highest BCUT2D eigenvalue weighted by atomic mass is 16.2. The molecule has 160 valence electrons. The molecule has 0 aromatic heterocycles. The van der Waals surface area contributed by atoms with Crippen LogP contribution in [-0.2, 0) is 16.0 Å². The number of anilines is 1. The molecule has 0 saturated carbocycles. The van der Waals surface area contributed by atoms with E-state index in [0.29, 0.717) is 6.54 Å². The van der Waals surface area contributed by atoms with Crippen molar-refractivity contribution in [2.24, 2.45) is 0 Å². The number of carbonyl (C=O) groups is 2. The Morgan fingerprint density at radius 2 is 1.60 bits per heavy atom. The lowest BCUT2D eigenvalue weighted by atomic mass is 10.0. The van der Waals surface area contributed by atoms with Gasteiger partial charge in [0.05, 0.1) is 0 Å². The Kier molecular flexibility index (Phi) is 7.60. The van der Waals surface area contributed by atoms with Gasteiger partial charge in [-0.2, -0.15) is 0 Å². The summed E-state index contributed by atoms with van der Waals surface area (Å²) in [4.78, 5) is 29.7. The summed E-state index contributed by atoms with van der Waals surface area (Å²) in [5, 5.41) is 3.07. The molecule has 2 amide bonds. The number of carbonyl (C=O) groups excluding carboxylic acids is 2. The summed E-state index contributed by atoms with van der Waals surface area (Å²) in [5.74, 6) is 0.187. The first-order valence-electron chi connectivity index (χ1n) is 10.8. The maximum atomic E-state index is 12.9. The van der Waals surface area contributed by atoms with Gasteiger partial charge in [0.15, 0.2) is 12.6 Å². The molecule has 30 heavy (non-hydrogen) atoms. The van der Waals surface area contributed by atoms with Crippen molar-refractivity contribution in [3.63, 3.8) is 0 Å². The van der Waals surface area contributed by atoms with Gasteiger partial charge in [-0.1, -0.05) is 55.5 Å². The van der Waals surface area contributed by atoms with E-state index in [1.165, 1.54) is 9.80 Å². The van der Waals surface area contributed by atoms with E-state index < -0.39 is 0 Å². The molecule has 1 fully saturated rings. The number of piperazine rings is 1. The molecule has 0 spiro atoms. The van der Waals surface area contributed by atoms with E-state index in [1.807, 2.05) is 62.6 Å². The molecule has 2 aromatic rings. The van der Waals surface area contributed by atoms with Crippen LogP contribution >= 0.6 is 0 Å². The lowest BCUT2D eigenvalue weighted by Crippen LogP contribution is -3.28. The average Bonchev–Trinajstić information content (AvgIpc) is 2.76. The van der Waals surface area contributed by atoms with Crippen molar-refractivity contribution in [1.29, 1.82) is 0 Å². The zero-order valence-corrected chi connectivity index (χ0v) is 18.3. The quantitative estimate of drug-likeness (QED) is 0.592. The predicted octanol–water partition coefficient (Wildman–Crippen LogP) is -0.200. The van der Waals surface area contributed by atoms with Crippen LogP contribution in [0.5, 0.6) is 0 Å². The number of quaternary nitrogens is 2. The summed E-state index contributed by atoms with van der Waals surface area (Å²) in [6.07, 6.45) is 0.895. The van der Waals surface area contributed by atoms with Gasteiger partial charge in [0.2, 0.25) is 0 Å². The molecule has 1 aliphatic rings. The van der Waals surface area contributed by atoms with Gasteiger partial charge in [-0.15, -0.1) is 0 Å². The second kappa shape index (κ2) is 10.4. The van der Waals surface area contributed by atoms with Gasteiger partial charge in [-0.25, -0.2) is 0 Å². The van der Waals surface area contributed by atoms with Crippen LogP contribution in [0.25, 0.3) is 0 Å². The molecule has 1 heterocycles. The number of nitrogens with one attached hydrogen (secondary N) is 3. The van der Waals surface area contributed by atoms with Gasteiger partial charge in [-0.05, 0) is 18.1 Å². The minimum Gasteiger partial charge on any atom is -0.343 e. The Morgan fingerprint density at radius 1 is 0.967 bits per heavy atom. The average molecular weight is 411 g/mol. The molecule has 1 saturated heterocycles. The third-order valence-corrected chi connectivity index (χ3v) is 5.91. The number of benzene rings is 2. The molecule has 0 radical (unpaired) electrons. The topological polar surface area (TPSA) is 58.3 Å². The van der Waals surface area contributed by atoms with Gasteiger partial charge >= 0.3 is 0 Å². The fraction of sp³-hybridized carbons (Fsp3) is 0.417. The summed E-state index contributed by atoms with van der Waals surface area (Å²) in [6.45, 7) is 6.05. The third kappa shape index (κ3) is 5.46. The summed E-state index contributed by atoms with van der Waals surface area (Å²) in [5.41, 5.74) is 3.13. The fourth-order valence-corrected chi connectivity index (χ4v) is 4.22. The molecular weight excluding hydrogens is 376 g/mol. The minimum absolute atomic E-state index is 0.0540. The summed E-state index contributed by atoms with van der Waals surface area (Å²) in [7, 11) is 3.63. The molecule has 3 N–H and O–H groups in total. The molecule has 0 unspecified atom stereocenters. The van der Waals surface area contributed by atoms with Crippen LogP contribution in [0.2, 0.25) is 0 Å². The van der Waals surface area contributed by atoms with E-state index in [2.05, 4.69) is 18.3 Å². The van der Waals surface area contributed by atoms with Crippen LogP contribution < -0.4 is 15.1 Å². The first-order valence-corrected chi connectivity index (χ1v) is 10.8. The zero-order valence-electron chi connectivity index (χ0n) is 18.3. The SMILES string of the molecule is CCc1ccccc1NC(=O)C[NH+]1CC[NH+]([C@H](C(=O)N(C)C)c2ccccc2)CC1. The number of aryl methyl sites for hydroxylation is 1. The predicted molar refractivity (Wildman–Crippen MR) is 119 cm³/mol. The van der Waals surface area contributed by atoms with Crippen LogP contribution in [0.1, 0.15) is 24.1 Å². The highest BCUT2D eigenvalue weighted by Gasteiger charge is 2.36. The van der Waals surface area contributed by atoms with Gasteiger partial charge in [-0.3, -0.25) is 9.59 Å². The zero-order chi connectivity index (χ0) is 21.5. The minimum atomic E-state index is -0.187. The number of amides is 2. The van der Waals surface area contributed by atoms with Crippen molar-refractivity contribution in [2.45, 2.75) is 19.4 Å². The Bertz CT molecular complexity index is 845. The summed E-state index contributed by atoms with van der Waals surface area (Å²) >= 11 is 0. The van der Waals surface area contributed by atoms with Gasteiger partial charge in [0.1, 0.15) is 26.2 Å². The van der Waals surface area contributed by atoms with Crippen LogP contribution in [0.3, 0.4) is 0 Å². The molecule has 0 bridgehead atoms. The Hall–Kier alpha value is -2.70.